The fourth-order valence-corrected chi connectivity index (χ4v) is 5.92. The first kappa shape index (κ1) is 27.4. The fourth-order valence-electron chi connectivity index (χ4n) is 5.92. The van der Waals surface area contributed by atoms with Gasteiger partial charge >= 0.3 is 5.63 Å². The Balaban J connectivity index is 1.80. The van der Waals surface area contributed by atoms with Crippen LogP contribution in [-0.4, -0.2) is 46.2 Å². The summed E-state index contributed by atoms with van der Waals surface area (Å²) in [6.45, 7) is 4.44. The van der Waals surface area contributed by atoms with Crippen LogP contribution in [0, 0.1) is 0 Å². The van der Waals surface area contributed by atoms with E-state index in [9.17, 15) is 4.79 Å². The van der Waals surface area contributed by atoms with Gasteiger partial charge in [-0.3, -0.25) is 0 Å². The van der Waals surface area contributed by atoms with E-state index >= 15 is 0 Å². The highest BCUT2D eigenvalue weighted by molar-refractivity contribution is 6.17. The summed E-state index contributed by atoms with van der Waals surface area (Å²) in [4.78, 5) is 13.8. The van der Waals surface area contributed by atoms with E-state index in [1.54, 1.807) is 41.6 Å². The first-order chi connectivity index (χ1) is 20.3. The lowest BCUT2D eigenvalue weighted by atomic mass is 9.91. The zero-order valence-electron chi connectivity index (χ0n) is 24.7. The molecule has 218 valence electrons. The van der Waals surface area contributed by atoms with Gasteiger partial charge in [-0.2, -0.15) is 0 Å². The largest absolute Gasteiger partial charge is 0.493 e. The highest BCUT2D eigenvalue weighted by Gasteiger charge is 2.31. The Bertz CT molecular complexity index is 1900. The van der Waals surface area contributed by atoms with Crippen molar-refractivity contribution in [3.63, 3.8) is 0 Å². The number of fused-ring (bicyclic) bond motifs is 7. The molecule has 0 fully saturated rings. The van der Waals surface area contributed by atoms with Gasteiger partial charge in [0.25, 0.3) is 0 Å². The average Bonchev–Trinajstić information content (AvgIpc) is 3.35. The average molecular weight is 572 g/mol. The Morgan fingerprint density at radius 2 is 1.40 bits per heavy atom. The molecule has 3 aromatic carbocycles. The molecule has 0 saturated heterocycles. The first-order valence-corrected chi connectivity index (χ1v) is 13.7. The number of methoxy groups -OCH3 is 5. The third-order valence-electron chi connectivity index (χ3n) is 7.70. The first-order valence-electron chi connectivity index (χ1n) is 13.7. The molecule has 0 atom stereocenters. The van der Waals surface area contributed by atoms with Crippen molar-refractivity contribution in [3.05, 3.63) is 58.4 Å². The predicted octanol–water partition coefficient (Wildman–Crippen LogP) is 6.47. The molecule has 42 heavy (non-hydrogen) atoms. The van der Waals surface area contributed by atoms with E-state index in [2.05, 4.69) is 0 Å². The summed E-state index contributed by atoms with van der Waals surface area (Å²) >= 11 is 0. The minimum atomic E-state index is -0.435. The standard InChI is InChI=1S/C33H33NO8/c1-17(2)41-28-16-23-21(15-27(28)40-7)30-29(19-8-9-22(36-3)24(13-19)37-4)31-20-14-26(39-6)25(38-5)12-18(20)10-11-34(31)32(30)33(35)42-23/h8-9,12-17H,10-11H2,1-7H3. The van der Waals surface area contributed by atoms with Crippen LogP contribution in [0.15, 0.2) is 51.7 Å². The molecule has 0 amide bonds. The third-order valence-corrected chi connectivity index (χ3v) is 7.70. The summed E-state index contributed by atoms with van der Waals surface area (Å²) in [5.41, 5.74) is 5.06. The maximum absolute atomic E-state index is 13.8. The Morgan fingerprint density at radius 3 is 2.07 bits per heavy atom. The van der Waals surface area contributed by atoms with Gasteiger partial charge in [0.1, 0.15) is 11.1 Å². The second kappa shape index (κ2) is 10.6. The number of rotatable bonds is 8. The molecule has 0 spiro atoms. The van der Waals surface area contributed by atoms with E-state index < -0.39 is 5.63 Å². The van der Waals surface area contributed by atoms with Gasteiger partial charge in [0.2, 0.25) is 0 Å². The molecule has 3 heterocycles. The summed E-state index contributed by atoms with van der Waals surface area (Å²) in [5, 5.41) is 1.48. The van der Waals surface area contributed by atoms with Crippen LogP contribution in [0.5, 0.6) is 34.5 Å². The van der Waals surface area contributed by atoms with E-state index in [1.165, 1.54) is 0 Å². The van der Waals surface area contributed by atoms with Crippen molar-refractivity contribution >= 4 is 21.9 Å². The summed E-state index contributed by atoms with van der Waals surface area (Å²) in [5.74, 6) is 3.47. The topological polar surface area (TPSA) is 90.5 Å². The maximum Gasteiger partial charge on any atom is 0.361 e. The van der Waals surface area contributed by atoms with Gasteiger partial charge in [-0.25, -0.2) is 4.79 Å². The minimum Gasteiger partial charge on any atom is -0.493 e. The van der Waals surface area contributed by atoms with Crippen molar-refractivity contribution in [2.75, 3.05) is 35.5 Å². The minimum absolute atomic E-state index is 0.0978. The maximum atomic E-state index is 13.8. The Kier molecular flexibility index (Phi) is 6.88. The molecule has 0 aliphatic carbocycles. The van der Waals surface area contributed by atoms with Gasteiger partial charge in [-0.1, -0.05) is 6.07 Å². The zero-order chi connectivity index (χ0) is 29.7. The lowest BCUT2D eigenvalue weighted by Crippen LogP contribution is -2.15. The van der Waals surface area contributed by atoms with Crippen LogP contribution >= 0.6 is 0 Å². The van der Waals surface area contributed by atoms with E-state index in [4.69, 9.17) is 32.8 Å². The van der Waals surface area contributed by atoms with Gasteiger partial charge in [-0.15, -0.1) is 0 Å². The highest BCUT2D eigenvalue weighted by Crippen LogP contribution is 2.50. The predicted molar refractivity (Wildman–Crippen MR) is 161 cm³/mol. The number of aryl methyl sites for hydroxylation is 2. The highest BCUT2D eigenvalue weighted by atomic mass is 16.5. The molecule has 0 bridgehead atoms. The molecule has 9 heteroatoms. The lowest BCUT2D eigenvalue weighted by Gasteiger charge is -2.23. The van der Waals surface area contributed by atoms with Gasteiger partial charge < -0.3 is 37.4 Å². The molecule has 1 aliphatic heterocycles. The lowest BCUT2D eigenvalue weighted by molar-refractivity contribution is 0.230. The molecule has 9 nitrogen and oxygen atoms in total. The zero-order valence-corrected chi connectivity index (χ0v) is 24.7. The van der Waals surface area contributed by atoms with Gasteiger partial charge in [-0.05, 0) is 61.7 Å². The molecule has 6 rings (SSSR count). The number of hydrogen-bond donors (Lipinski definition) is 0. The van der Waals surface area contributed by atoms with E-state index in [0.717, 1.165) is 38.7 Å². The third kappa shape index (κ3) is 4.19. The number of aromatic nitrogens is 1. The number of nitrogens with zero attached hydrogens (tertiary/aromatic N) is 1. The van der Waals surface area contributed by atoms with Gasteiger partial charge in [0.15, 0.2) is 34.5 Å². The fraction of sp³-hybridized carbons (Fsp3) is 0.303. The normalized spacial score (nSPS) is 12.3. The van der Waals surface area contributed by atoms with Crippen LogP contribution in [-0.2, 0) is 13.0 Å². The van der Waals surface area contributed by atoms with Crippen molar-refractivity contribution in [2.24, 2.45) is 0 Å². The Labute approximate surface area is 243 Å². The van der Waals surface area contributed by atoms with Crippen LogP contribution in [0.2, 0.25) is 0 Å². The van der Waals surface area contributed by atoms with Crippen molar-refractivity contribution in [1.82, 2.24) is 4.57 Å². The summed E-state index contributed by atoms with van der Waals surface area (Å²) < 4.78 is 42.3. The van der Waals surface area contributed by atoms with Crippen molar-refractivity contribution in [1.29, 1.82) is 0 Å². The number of hydrogen-bond acceptors (Lipinski definition) is 8. The number of ether oxygens (including phenoxy) is 6. The van der Waals surface area contributed by atoms with Crippen LogP contribution < -0.4 is 34.0 Å². The monoisotopic (exact) mass is 571 g/mol. The van der Waals surface area contributed by atoms with E-state index in [1.807, 2.05) is 54.8 Å². The number of benzene rings is 3. The SMILES string of the molecule is COc1ccc(-c2c3n(c4c(=O)oc5cc(OC(C)C)c(OC)cc5c24)CCc2cc(OC)c(OC)cc2-3)cc1OC. The van der Waals surface area contributed by atoms with E-state index in [0.29, 0.717) is 58.6 Å². The molecular formula is C33H33NO8. The molecular weight excluding hydrogens is 538 g/mol. The van der Waals surface area contributed by atoms with Gasteiger partial charge in [0, 0.05) is 34.5 Å². The molecule has 0 saturated carbocycles. The second-order valence-corrected chi connectivity index (χ2v) is 10.3. The Morgan fingerprint density at radius 1 is 0.762 bits per heavy atom. The molecule has 5 aromatic rings. The van der Waals surface area contributed by atoms with Crippen LogP contribution in [0.3, 0.4) is 0 Å². The summed E-state index contributed by atoms with van der Waals surface area (Å²) in [6, 6.07) is 13.4. The van der Waals surface area contributed by atoms with Crippen molar-refractivity contribution < 1.29 is 32.8 Å². The van der Waals surface area contributed by atoms with Crippen LogP contribution in [0.4, 0.5) is 0 Å². The molecule has 0 radical (unpaired) electrons. The van der Waals surface area contributed by atoms with Gasteiger partial charge in [0.05, 0.1) is 47.3 Å². The van der Waals surface area contributed by atoms with Crippen LogP contribution in [0.1, 0.15) is 19.4 Å². The molecule has 0 unspecified atom stereocenters. The van der Waals surface area contributed by atoms with Crippen molar-refractivity contribution in [2.45, 2.75) is 32.9 Å². The molecule has 1 aliphatic rings. The summed E-state index contributed by atoms with van der Waals surface area (Å²) in [6.07, 6.45) is 0.596. The molecule has 2 aromatic heterocycles. The molecule has 0 N–H and O–H groups in total. The van der Waals surface area contributed by atoms with Crippen molar-refractivity contribution in [3.8, 4) is 56.9 Å². The smallest absolute Gasteiger partial charge is 0.361 e. The second-order valence-electron chi connectivity index (χ2n) is 10.3. The quantitative estimate of drug-likeness (QED) is 0.196. The van der Waals surface area contributed by atoms with Crippen LogP contribution in [0.25, 0.3) is 44.3 Å². The van der Waals surface area contributed by atoms with E-state index in [-0.39, 0.29) is 6.10 Å². The summed E-state index contributed by atoms with van der Waals surface area (Å²) in [7, 11) is 8.04. The Hall–Kier alpha value is -4.79.